The lowest BCUT2D eigenvalue weighted by molar-refractivity contribution is 0.242. The van der Waals surface area contributed by atoms with Gasteiger partial charge in [-0.1, -0.05) is 19.1 Å². The van der Waals surface area contributed by atoms with Gasteiger partial charge in [0.15, 0.2) is 11.5 Å². The zero-order valence-electron chi connectivity index (χ0n) is 18.0. The van der Waals surface area contributed by atoms with Gasteiger partial charge in [0.05, 0.1) is 13.7 Å². The number of ether oxygens (including phenoxy) is 2. The predicted molar refractivity (Wildman–Crippen MR) is 121 cm³/mol. The maximum absolute atomic E-state index is 13.1. The molecule has 0 amide bonds. The highest BCUT2D eigenvalue weighted by Crippen LogP contribution is 2.30. The standard InChI is InChI=1S/C24H24FN3O3S/c1-3-28(15-23-26-27-24(31-23)18-7-9-19(25)10-8-18)14-17-6-11-21(22(13-17)29-2)30-16-20-5-4-12-32-20/h4-13H,3,14-16H2,1-2H3. The Bertz CT molecular complexity index is 1130. The number of hydrogen-bond donors (Lipinski definition) is 0. The molecule has 0 radical (unpaired) electrons. The van der Waals surface area contributed by atoms with Crippen LogP contribution in [0.4, 0.5) is 4.39 Å². The molecule has 0 N–H and O–H groups in total. The fourth-order valence-electron chi connectivity index (χ4n) is 3.23. The molecule has 8 heteroatoms. The van der Waals surface area contributed by atoms with Crippen LogP contribution in [0.1, 0.15) is 23.3 Å². The number of halogens is 1. The molecule has 2 aromatic carbocycles. The second-order valence-electron chi connectivity index (χ2n) is 7.16. The summed E-state index contributed by atoms with van der Waals surface area (Å²) in [6.07, 6.45) is 0. The third-order valence-electron chi connectivity index (χ3n) is 4.95. The Morgan fingerprint density at radius 1 is 1.03 bits per heavy atom. The highest BCUT2D eigenvalue weighted by molar-refractivity contribution is 7.09. The molecule has 0 fully saturated rings. The highest BCUT2D eigenvalue weighted by atomic mass is 32.1. The molecule has 0 aliphatic rings. The van der Waals surface area contributed by atoms with Crippen LogP contribution in [0.15, 0.2) is 64.4 Å². The van der Waals surface area contributed by atoms with E-state index in [0.29, 0.717) is 48.5 Å². The molecule has 0 atom stereocenters. The summed E-state index contributed by atoms with van der Waals surface area (Å²) in [5.74, 6) is 2.00. The summed E-state index contributed by atoms with van der Waals surface area (Å²) >= 11 is 1.66. The fourth-order valence-corrected chi connectivity index (χ4v) is 3.84. The predicted octanol–water partition coefficient (Wildman–Crippen LogP) is 5.55. The molecule has 166 valence electrons. The fraction of sp³-hybridized carbons (Fsp3) is 0.250. The van der Waals surface area contributed by atoms with E-state index >= 15 is 0 Å². The van der Waals surface area contributed by atoms with Gasteiger partial charge in [-0.25, -0.2) is 4.39 Å². The normalized spacial score (nSPS) is 11.1. The highest BCUT2D eigenvalue weighted by Gasteiger charge is 2.14. The third kappa shape index (κ3) is 5.52. The van der Waals surface area contributed by atoms with Gasteiger partial charge in [-0.3, -0.25) is 4.90 Å². The van der Waals surface area contributed by atoms with Crippen LogP contribution in [-0.4, -0.2) is 28.8 Å². The van der Waals surface area contributed by atoms with Gasteiger partial charge < -0.3 is 13.9 Å². The minimum absolute atomic E-state index is 0.302. The van der Waals surface area contributed by atoms with Crippen molar-refractivity contribution in [1.82, 2.24) is 15.1 Å². The monoisotopic (exact) mass is 453 g/mol. The first-order valence-corrected chi connectivity index (χ1v) is 11.2. The van der Waals surface area contributed by atoms with E-state index < -0.39 is 0 Å². The third-order valence-corrected chi connectivity index (χ3v) is 5.80. The lowest BCUT2D eigenvalue weighted by atomic mass is 10.2. The molecule has 2 heterocycles. The maximum Gasteiger partial charge on any atom is 0.247 e. The molecule has 0 saturated carbocycles. The zero-order chi connectivity index (χ0) is 22.3. The van der Waals surface area contributed by atoms with E-state index in [1.54, 1.807) is 30.6 Å². The van der Waals surface area contributed by atoms with Gasteiger partial charge in [0.1, 0.15) is 12.4 Å². The summed E-state index contributed by atoms with van der Waals surface area (Å²) in [6, 6.07) is 16.0. The number of hydrogen-bond acceptors (Lipinski definition) is 7. The van der Waals surface area contributed by atoms with E-state index in [2.05, 4.69) is 22.0 Å². The number of benzene rings is 2. The molecule has 0 saturated heterocycles. The lowest BCUT2D eigenvalue weighted by Gasteiger charge is -2.19. The molecular formula is C24H24FN3O3S. The Labute approximate surface area is 190 Å². The Hall–Kier alpha value is -3.23. The van der Waals surface area contributed by atoms with E-state index in [0.717, 1.165) is 17.0 Å². The van der Waals surface area contributed by atoms with Crippen LogP contribution < -0.4 is 9.47 Å². The van der Waals surface area contributed by atoms with Crippen molar-refractivity contribution in [3.63, 3.8) is 0 Å². The summed E-state index contributed by atoms with van der Waals surface area (Å²) < 4.78 is 30.4. The first-order chi connectivity index (χ1) is 15.6. The van der Waals surface area contributed by atoms with Gasteiger partial charge in [-0.05, 0) is 60.0 Å². The van der Waals surface area contributed by atoms with Crippen molar-refractivity contribution in [3.05, 3.63) is 82.1 Å². The van der Waals surface area contributed by atoms with Crippen LogP contribution in [0, 0.1) is 5.82 Å². The maximum atomic E-state index is 13.1. The van der Waals surface area contributed by atoms with Crippen molar-refractivity contribution in [2.24, 2.45) is 0 Å². The van der Waals surface area contributed by atoms with Crippen LogP contribution in [0.25, 0.3) is 11.5 Å². The minimum Gasteiger partial charge on any atom is -0.493 e. The average molecular weight is 454 g/mol. The summed E-state index contributed by atoms with van der Waals surface area (Å²) in [5.41, 5.74) is 1.78. The van der Waals surface area contributed by atoms with E-state index in [4.69, 9.17) is 13.9 Å². The number of thiophene rings is 1. The van der Waals surface area contributed by atoms with Crippen molar-refractivity contribution >= 4 is 11.3 Å². The summed E-state index contributed by atoms with van der Waals surface area (Å²) in [5, 5.41) is 10.3. The molecule has 0 bridgehead atoms. The molecule has 0 spiro atoms. The Balaban J connectivity index is 1.40. The van der Waals surface area contributed by atoms with Crippen molar-refractivity contribution in [2.45, 2.75) is 26.6 Å². The Kier molecular flexibility index (Phi) is 7.14. The summed E-state index contributed by atoms with van der Waals surface area (Å²) in [6.45, 7) is 4.58. The molecule has 0 aliphatic carbocycles. The Morgan fingerprint density at radius 3 is 2.59 bits per heavy atom. The van der Waals surface area contributed by atoms with Crippen LogP contribution in [-0.2, 0) is 19.7 Å². The number of nitrogens with zero attached hydrogens (tertiary/aromatic N) is 3. The minimum atomic E-state index is -0.302. The smallest absolute Gasteiger partial charge is 0.247 e. The number of methoxy groups -OCH3 is 1. The molecule has 0 unspecified atom stereocenters. The number of aromatic nitrogens is 2. The van der Waals surface area contributed by atoms with Crippen molar-refractivity contribution in [2.75, 3.05) is 13.7 Å². The molecule has 4 rings (SSSR count). The number of rotatable bonds is 10. The molecule has 2 aromatic heterocycles. The first kappa shape index (κ1) is 22.0. The van der Waals surface area contributed by atoms with Crippen molar-refractivity contribution in [3.8, 4) is 23.0 Å². The van der Waals surface area contributed by atoms with Gasteiger partial charge in [-0.15, -0.1) is 21.5 Å². The van der Waals surface area contributed by atoms with E-state index in [1.807, 2.05) is 35.7 Å². The molecule has 6 nitrogen and oxygen atoms in total. The van der Waals surface area contributed by atoms with Crippen LogP contribution in [0.5, 0.6) is 11.5 Å². The van der Waals surface area contributed by atoms with E-state index in [-0.39, 0.29) is 5.82 Å². The summed E-state index contributed by atoms with van der Waals surface area (Å²) in [4.78, 5) is 3.34. The van der Waals surface area contributed by atoms with Crippen molar-refractivity contribution in [1.29, 1.82) is 0 Å². The largest absolute Gasteiger partial charge is 0.493 e. The molecular weight excluding hydrogens is 429 g/mol. The average Bonchev–Trinajstić information content (AvgIpc) is 3.50. The quantitative estimate of drug-likeness (QED) is 0.314. The first-order valence-electron chi connectivity index (χ1n) is 10.3. The van der Waals surface area contributed by atoms with Gasteiger partial charge >= 0.3 is 0 Å². The summed E-state index contributed by atoms with van der Waals surface area (Å²) in [7, 11) is 1.64. The molecule has 0 aliphatic heterocycles. The van der Waals surface area contributed by atoms with Gasteiger partial charge in [0, 0.05) is 17.0 Å². The zero-order valence-corrected chi connectivity index (χ0v) is 18.8. The second kappa shape index (κ2) is 10.4. The van der Waals surface area contributed by atoms with E-state index in [9.17, 15) is 4.39 Å². The second-order valence-corrected chi connectivity index (χ2v) is 8.20. The topological polar surface area (TPSA) is 60.6 Å². The van der Waals surface area contributed by atoms with Gasteiger partial charge in [0.2, 0.25) is 11.8 Å². The van der Waals surface area contributed by atoms with Gasteiger partial charge in [0.25, 0.3) is 0 Å². The Morgan fingerprint density at radius 2 is 1.88 bits per heavy atom. The van der Waals surface area contributed by atoms with Gasteiger partial charge in [-0.2, -0.15) is 0 Å². The van der Waals surface area contributed by atoms with Crippen LogP contribution >= 0.6 is 11.3 Å². The van der Waals surface area contributed by atoms with Crippen LogP contribution in [0.2, 0.25) is 0 Å². The molecule has 4 aromatic rings. The molecule has 32 heavy (non-hydrogen) atoms. The lowest BCUT2D eigenvalue weighted by Crippen LogP contribution is -2.22. The van der Waals surface area contributed by atoms with Crippen molar-refractivity contribution < 1.29 is 18.3 Å². The van der Waals surface area contributed by atoms with E-state index in [1.165, 1.54) is 12.1 Å². The van der Waals surface area contributed by atoms with Crippen LogP contribution in [0.3, 0.4) is 0 Å². The SMILES string of the molecule is CCN(Cc1ccc(OCc2cccs2)c(OC)c1)Cc1nnc(-c2ccc(F)cc2)o1.